The number of ether oxygens (including phenoxy) is 3. The number of allylic oxidation sites excluding steroid dienone is 1. The van der Waals surface area contributed by atoms with Gasteiger partial charge in [0.2, 0.25) is 0 Å². The number of esters is 3. The molecule has 1 aliphatic rings. The van der Waals surface area contributed by atoms with Crippen molar-refractivity contribution >= 4 is 38.5 Å². The largest absolute Gasteiger partial charge is 0.500 e. The highest BCUT2D eigenvalue weighted by molar-refractivity contribution is 7.99. The van der Waals surface area contributed by atoms with Gasteiger partial charge in [-0.3, -0.25) is 14.4 Å². The molecule has 0 spiro atoms. The van der Waals surface area contributed by atoms with Gasteiger partial charge in [-0.15, -0.1) is 6.58 Å². The molecule has 0 heterocycles. The summed E-state index contributed by atoms with van der Waals surface area (Å²) < 4.78 is 32.4. The molecule has 2 unspecified atom stereocenters. The minimum Gasteiger partial charge on any atom is -0.468 e. The fourth-order valence-electron chi connectivity index (χ4n) is 3.45. The molecule has 0 amide bonds. The number of methoxy groups -OCH3 is 1. The van der Waals surface area contributed by atoms with E-state index in [2.05, 4.69) is 6.58 Å². The molecule has 9 nitrogen and oxygen atoms in total. The Bertz CT molecular complexity index is 628. The SMILES string of the molecule is C=CC1CC1(C(=O)OC)C(=O)OCCOC(=O)CCSCCC[Si](OCC)(OCC)OCC. The summed E-state index contributed by atoms with van der Waals surface area (Å²) >= 11 is 1.65. The summed E-state index contributed by atoms with van der Waals surface area (Å²) in [5.74, 6) is -0.477. The number of hydrogen-bond acceptors (Lipinski definition) is 10. The van der Waals surface area contributed by atoms with E-state index in [0.29, 0.717) is 32.0 Å². The second kappa shape index (κ2) is 15.5. The van der Waals surface area contributed by atoms with Crippen molar-refractivity contribution < 1.29 is 41.9 Å². The Balaban J connectivity index is 2.20. The van der Waals surface area contributed by atoms with Gasteiger partial charge >= 0.3 is 26.7 Å². The van der Waals surface area contributed by atoms with Crippen molar-refractivity contribution in [3.63, 3.8) is 0 Å². The monoisotopic (exact) mass is 506 g/mol. The van der Waals surface area contributed by atoms with Crippen molar-refractivity contribution in [1.29, 1.82) is 0 Å². The van der Waals surface area contributed by atoms with E-state index in [1.165, 1.54) is 7.11 Å². The maximum Gasteiger partial charge on any atom is 0.500 e. The quantitative estimate of drug-likeness (QED) is 0.0648. The Labute approximate surface area is 202 Å². The van der Waals surface area contributed by atoms with E-state index < -0.39 is 26.2 Å². The minimum atomic E-state index is -2.62. The predicted molar refractivity (Wildman–Crippen MR) is 127 cm³/mol. The third-order valence-electron chi connectivity index (χ3n) is 5.11. The molecule has 2 atom stereocenters. The highest BCUT2D eigenvalue weighted by Crippen LogP contribution is 2.55. The topological polar surface area (TPSA) is 107 Å². The van der Waals surface area contributed by atoms with E-state index in [1.54, 1.807) is 17.8 Å². The van der Waals surface area contributed by atoms with E-state index in [-0.39, 0.29) is 31.5 Å². The van der Waals surface area contributed by atoms with Crippen molar-refractivity contribution in [2.75, 3.05) is 51.6 Å². The van der Waals surface area contributed by atoms with Crippen LogP contribution < -0.4 is 0 Å². The summed E-state index contributed by atoms with van der Waals surface area (Å²) in [6.45, 7) is 10.9. The Morgan fingerprint density at radius 3 is 2.12 bits per heavy atom. The zero-order valence-corrected chi connectivity index (χ0v) is 22.0. The smallest absolute Gasteiger partial charge is 0.468 e. The van der Waals surface area contributed by atoms with Crippen LogP contribution in [0.5, 0.6) is 0 Å². The standard InChI is InChI=1S/C22H38O9SSi/c1-6-18-17-22(18,20(24)26-5)21(25)28-13-12-27-19(23)11-15-32-14-10-16-33(29-7-2,30-8-3)31-9-4/h6,18H,1,7-17H2,2-5H3. The molecule has 0 aromatic heterocycles. The highest BCUT2D eigenvalue weighted by atomic mass is 32.2. The van der Waals surface area contributed by atoms with Crippen LogP contribution in [0.3, 0.4) is 0 Å². The molecule has 0 saturated heterocycles. The van der Waals surface area contributed by atoms with Crippen LogP contribution in [0, 0.1) is 11.3 Å². The molecule has 1 fully saturated rings. The molecule has 0 aromatic rings. The maximum absolute atomic E-state index is 12.3. The summed E-state index contributed by atoms with van der Waals surface area (Å²) in [7, 11) is -1.39. The number of rotatable bonds is 19. The second-order valence-electron chi connectivity index (χ2n) is 7.31. The Hall–Kier alpha value is -1.40. The average molecular weight is 507 g/mol. The Morgan fingerprint density at radius 2 is 1.61 bits per heavy atom. The first-order chi connectivity index (χ1) is 15.9. The van der Waals surface area contributed by atoms with Crippen LogP contribution in [0.2, 0.25) is 6.04 Å². The van der Waals surface area contributed by atoms with Gasteiger partial charge in [-0.25, -0.2) is 0 Å². The number of carbonyl (C=O) groups excluding carboxylic acids is 3. The van der Waals surface area contributed by atoms with E-state index in [9.17, 15) is 14.4 Å². The summed E-state index contributed by atoms with van der Waals surface area (Å²) in [6, 6.07) is 0.741. The van der Waals surface area contributed by atoms with Crippen LogP contribution in [0.4, 0.5) is 0 Å². The number of carbonyl (C=O) groups is 3. The fraction of sp³-hybridized carbons (Fsp3) is 0.773. The lowest BCUT2D eigenvalue weighted by atomic mass is 10.0. The van der Waals surface area contributed by atoms with Crippen LogP contribution in [0.25, 0.3) is 0 Å². The summed E-state index contributed by atoms with van der Waals surface area (Å²) in [5, 5.41) is 0. The second-order valence-corrected chi connectivity index (χ2v) is 11.3. The van der Waals surface area contributed by atoms with Crippen molar-refractivity contribution in [3.8, 4) is 0 Å². The molecule has 190 valence electrons. The Kier molecular flexibility index (Phi) is 13.9. The van der Waals surface area contributed by atoms with Gasteiger partial charge in [0.1, 0.15) is 13.2 Å². The summed E-state index contributed by atoms with van der Waals surface area (Å²) in [5.41, 5.74) is -1.30. The van der Waals surface area contributed by atoms with Gasteiger partial charge in [0, 0.05) is 37.5 Å². The molecule has 1 aliphatic carbocycles. The van der Waals surface area contributed by atoms with E-state index in [4.69, 9.17) is 27.5 Å². The van der Waals surface area contributed by atoms with Crippen LogP contribution in [-0.4, -0.2) is 78.4 Å². The molecule has 0 aromatic carbocycles. The molecule has 1 rings (SSSR count). The van der Waals surface area contributed by atoms with E-state index in [1.807, 2.05) is 20.8 Å². The van der Waals surface area contributed by atoms with Crippen molar-refractivity contribution in [1.82, 2.24) is 0 Å². The lowest BCUT2D eigenvalue weighted by molar-refractivity contribution is -0.166. The summed E-state index contributed by atoms with van der Waals surface area (Å²) in [6.07, 6.45) is 2.99. The van der Waals surface area contributed by atoms with Gasteiger partial charge in [-0.1, -0.05) is 6.08 Å². The van der Waals surface area contributed by atoms with E-state index in [0.717, 1.165) is 18.2 Å². The van der Waals surface area contributed by atoms with Crippen LogP contribution in [0.15, 0.2) is 12.7 Å². The van der Waals surface area contributed by atoms with Crippen LogP contribution >= 0.6 is 11.8 Å². The molecule has 11 heteroatoms. The minimum absolute atomic E-state index is 0.0591. The lowest BCUT2D eigenvalue weighted by Gasteiger charge is -2.28. The van der Waals surface area contributed by atoms with Gasteiger partial charge in [0.15, 0.2) is 5.41 Å². The van der Waals surface area contributed by atoms with Crippen molar-refractivity contribution in [3.05, 3.63) is 12.7 Å². The first-order valence-corrected chi connectivity index (χ1v) is 14.5. The fourth-order valence-corrected chi connectivity index (χ4v) is 7.18. The maximum atomic E-state index is 12.3. The molecule has 0 aliphatic heterocycles. The molecule has 0 N–H and O–H groups in total. The third kappa shape index (κ3) is 9.04. The average Bonchev–Trinajstić information content (AvgIpc) is 3.55. The predicted octanol–water partition coefficient (Wildman–Crippen LogP) is 3.00. The molecular formula is C22H38O9SSi. The van der Waals surface area contributed by atoms with Gasteiger partial charge in [0.05, 0.1) is 13.5 Å². The Morgan fingerprint density at radius 1 is 1.00 bits per heavy atom. The first kappa shape index (κ1) is 29.6. The molecule has 1 saturated carbocycles. The number of hydrogen-bond donors (Lipinski definition) is 0. The van der Waals surface area contributed by atoms with Gasteiger partial charge in [-0.05, 0) is 39.4 Å². The van der Waals surface area contributed by atoms with Crippen LogP contribution in [-0.2, 0) is 41.9 Å². The van der Waals surface area contributed by atoms with Crippen molar-refractivity contribution in [2.45, 2.75) is 46.1 Å². The molecule has 33 heavy (non-hydrogen) atoms. The van der Waals surface area contributed by atoms with Crippen molar-refractivity contribution in [2.24, 2.45) is 11.3 Å². The van der Waals surface area contributed by atoms with Gasteiger partial charge in [0.25, 0.3) is 0 Å². The molecule has 0 bridgehead atoms. The summed E-state index contributed by atoms with van der Waals surface area (Å²) in [4.78, 5) is 36.1. The highest BCUT2D eigenvalue weighted by Gasteiger charge is 2.66. The zero-order chi connectivity index (χ0) is 24.7. The molecule has 0 radical (unpaired) electrons. The van der Waals surface area contributed by atoms with Crippen LogP contribution in [0.1, 0.15) is 40.0 Å². The number of thioether (sulfide) groups is 1. The van der Waals surface area contributed by atoms with Gasteiger partial charge < -0.3 is 27.5 Å². The third-order valence-corrected chi connectivity index (χ3v) is 9.33. The first-order valence-electron chi connectivity index (χ1n) is 11.4. The lowest BCUT2D eigenvalue weighted by Crippen LogP contribution is -2.46. The molecular weight excluding hydrogens is 468 g/mol. The van der Waals surface area contributed by atoms with E-state index >= 15 is 0 Å². The van der Waals surface area contributed by atoms with Gasteiger partial charge in [-0.2, -0.15) is 11.8 Å². The zero-order valence-electron chi connectivity index (χ0n) is 20.2. The normalized spacial score (nSPS) is 19.6.